The largest absolute Gasteiger partial charge is 0.368 e. The fourth-order valence-electron chi connectivity index (χ4n) is 3.16. The van der Waals surface area contributed by atoms with E-state index in [2.05, 4.69) is 26.6 Å². The number of carbonyl (C=O) groups excluding carboxylic acids is 1. The number of aromatic nitrogens is 1. The molecule has 1 saturated carbocycles. The van der Waals surface area contributed by atoms with Gasteiger partial charge in [-0.3, -0.25) is 4.79 Å². The van der Waals surface area contributed by atoms with Crippen molar-refractivity contribution in [3.63, 3.8) is 0 Å². The summed E-state index contributed by atoms with van der Waals surface area (Å²) in [4.78, 5) is 18.9. The molecule has 0 radical (unpaired) electrons. The lowest BCUT2D eigenvalue weighted by atomic mass is 9.89. The van der Waals surface area contributed by atoms with Gasteiger partial charge < -0.3 is 15.5 Å². The van der Waals surface area contributed by atoms with Crippen LogP contribution in [-0.2, 0) is 4.79 Å². The molecule has 1 amide bonds. The van der Waals surface area contributed by atoms with Crippen molar-refractivity contribution in [2.45, 2.75) is 32.1 Å². The van der Waals surface area contributed by atoms with Gasteiger partial charge in [0, 0.05) is 32.1 Å². The Morgan fingerprint density at radius 3 is 2.55 bits per heavy atom. The van der Waals surface area contributed by atoms with E-state index in [9.17, 15) is 4.79 Å². The fourth-order valence-corrected chi connectivity index (χ4v) is 3.16. The summed E-state index contributed by atoms with van der Waals surface area (Å²) in [6.45, 7) is 4.05. The molecule has 1 aromatic rings. The van der Waals surface area contributed by atoms with E-state index in [1.807, 2.05) is 12.3 Å². The molecule has 3 rings (SSSR count). The number of piperazine rings is 1. The Hall–Kier alpha value is -1.33. The molecule has 0 aromatic carbocycles. The summed E-state index contributed by atoms with van der Waals surface area (Å²) in [6.07, 6.45) is 7.51. The highest BCUT2D eigenvalue weighted by molar-refractivity contribution is 5.91. The molecular formula is C16H25ClN4O. The van der Waals surface area contributed by atoms with Gasteiger partial charge >= 0.3 is 0 Å². The highest BCUT2D eigenvalue weighted by atomic mass is 35.5. The number of carbonyl (C=O) groups is 1. The molecule has 0 bridgehead atoms. The van der Waals surface area contributed by atoms with Crippen molar-refractivity contribution in [3.05, 3.63) is 18.3 Å². The van der Waals surface area contributed by atoms with Crippen LogP contribution in [0.25, 0.3) is 0 Å². The molecule has 2 aliphatic rings. The summed E-state index contributed by atoms with van der Waals surface area (Å²) >= 11 is 0. The Labute approximate surface area is 138 Å². The zero-order chi connectivity index (χ0) is 14.5. The number of nitrogens with zero attached hydrogens (tertiary/aromatic N) is 2. The zero-order valence-corrected chi connectivity index (χ0v) is 13.7. The lowest BCUT2D eigenvalue weighted by Gasteiger charge is -2.29. The third-order valence-electron chi connectivity index (χ3n) is 4.46. The normalized spacial score (nSPS) is 19.4. The summed E-state index contributed by atoms with van der Waals surface area (Å²) < 4.78 is 0. The molecule has 2 heterocycles. The van der Waals surface area contributed by atoms with Gasteiger partial charge in [0.1, 0.15) is 5.82 Å². The van der Waals surface area contributed by atoms with Crippen LogP contribution < -0.4 is 15.5 Å². The van der Waals surface area contributed by atoms with Crippen LogP contribution >= 0.6 is 12.4 Å². The zero-order valence-electron chi connectivity index (χ0n) is 12.9. The first-order chi connectivity index (χ1) is 10.3. The molecule has 5 nitrogen and oxygen atoms in total. The van der Waals surface area contributed by atoms with Crippen molar-refractivity contribution in [3.8, 4) is 0 Å². The summed E-state index contributed by atoms with van der Waals surface area (Å²) in [5, 5.41) is 6.30. The van der Waals surface area contributed by atoms with E-state index in [-0.39, 0.29) is 24.2 Å². The quantitative estimate of drug-likeness (QED) is 0.896. The minimum Gasteiger partial charge on any atom is -0.368 e. The molecule has 0 atom stereocenters. The third-order valence-corrected chi connectivity index (χ3v) is 4.46. The van der Waals surface area contributed by atoms with E-state index in [1.165, 1.54) is 19.3 Å². The number of anilines is 2. The van der Waals surface area contributed by atoms with Crippen molar-refractivity contribution < 1.29 is 4.79 Å². The van der Waals surface area contributed by atoms with E-state index in [1.54, 1.807) is 0 Å². The average molecular weight is 325 g/mol. The fraction of sp³-hybridized carbons (Fsp3) is 0.625. The molecular weight excluding hydrogens is 300 g/mol. The van der Waals surface area contributed by atoms with Gasteiger partial charge in [0.05, 0.1) is 11.9 Å². The Morgan fingerprint density at radius 1 is 1.18 bits per heavy atom. The molecule has 1 saturated heterocycles. The Bertz CT molecular complexity index is 468. The lowest BCUT2D eigenvalue weighted by Crippen LogP contribution is -2.43. The molecule has 1 aliphatic heterocycles. The van der Waals surface area contributed by atoms with Crippen molar-refractivity contribution in [1.29, 1.82) is 0 Å². The molecule has 1 aromatic heterocycles. The van der Waals surface area contributed by atoms with E-state index >= 15 is 0 Å². The van der Waals surface area contributed by atoms with E-state index < -0.39 is 0 Å². The number of nitrogens with one attached hydrogen (secondary N) is 2. The highest BCUT2D eigenvalue weighted by Gasteiger charge is 2.21. The van der Waals surface area contributed by atoms with Crippen molar-refractivity contribution in [1.82, 2.24) is 10.3 Å². The smallest absolute Gasteiger partial charge is 0.228 e. The van der Waals surface area contributed by atoms with Crippen molar-refractivity contribution in [2.24, 2.45) is 5.92 Å². The Kier molecular flexibility index (Phi) is 6.46. The first-order valence-electron chi connectivity index (χ1n) is 8.05. The first kappa shape index (κ1) is 17.0. The van der Waals surface area contributed by atoms with Crippen LogP contribution in [0.15, 0.2) is 18.3 Å². The molecule has 2 N–H and O–H groups in total. The summed E-state index contributed by atoms with van der Waals surface area (Å²) in [5.74, 6) is 0.981. The third kappa shape index (κ3) is 4.34. The summed E-state index contributed by atoms with van der Waals surface area (Å²) in [6, 6.07) is 3.97. The molecule has 1 aliphatic carbocycles. The second-order valence-electron chi connectivity index (χ2n) is 5.96. The minimum absolute atomic E-state index is 0. The topological polar surface area (TPSA) is 57.3 Å². The van der Waals surface area contributed by atoms with Gasteiger partial charge in [-0.05, 0) is 25.0 Å². The number of halogens is 1. The van der Waals surface area contributed by atoms with Crippen LogP contribution in [0.5, 0.6) is 0 Å². The highest BCUT2D eigenvalue weighted by Crippen LogP contribution is 2.25. The maximum absolute atomic E-state index is 12.2. The lowest BCUT2D eigenvalue weighted by molar-refractivity contribution is -0.120. The van der Waals surface area contributed by atoms with E-state index in [0.29, 0.717) is 5.82 Å². The van der Waals surface area contributed by atoms with Crippen LogP contribution in [0.3, 0.4) is 0 Å². The van der Waals surface area contributed by atoms with Gasteiger partial charge in [-0.2, -0.15) is 0 Å². The number of rotatable bonds is 3. The van der Waals surface area contributed by atoms with E-state index in [4.69, 9.17) is 0 Å². The van der Waals surface area contributed by atoms with E-state index in [0.717, 1.165) is 44.7 Å². The van der Waals surface area contributed by atoms with Crippen molar-refractivity contribution in [2.75, 3.05) is 36.4 Å². The second-order valence-corrected chi connectivity index (χ2v) is 5.96. The predicted octanol–water partition coefficient (Wildman–Crippen LogP) is 2.43. The monoisotopic (exact) mass is 324 g/mol. The van der Waals surface area contributed by atoms with Crippen molar-refractivity contribution >= 4 is 29.8 Å². The molecule has 122 valence electrons. The van der Waals surface area contributed by atoms with Crippen LogP contribution in [0.4, 0.5) is 11.5 Å². The van der Waals surface area contributed by atoms with Crippen LogP contribution in [0, 0.1) is 5.92 Å². The number of hydrogen-bond donors (Lipinski definition) is 2. The summed E-state index contributed by atoms with van der Waals surface area (Å²) in [5.41, 5.74) is 1.13. The van der Waals surface area contributed by atoms with Crippen LogP contribution in [0.2, 0.25) is 0 Å². The summed E-state index contributed by atoms with van der Waals surface area (Å²) in [7, 11) is 0. The Balaban J connectivity index is 0.00000176. The number of pyridine rings is 1. The molecule has 0 spiro atoms. The van der Waals surface area contributed by atoms with Gasteiger partial charge in [-0.1, -0.05) is 19.3 Å². The average Bonchev–Trinajstić information content (AvgIpc) is 2.57. The van der Waals surface area contributed by atoms with Crippen LogP contribution in [-0.4, -0.2) is 37.1 Å². The number of amides is 1. The SMILES string of the molecule is Cl.O=C(Nc1ccc(N2CCNCC2)cn1)C1CCCCC1. The maximum atomic E-state index is 12.2. The van der Waals surface area contributed by atoms with Gasteiger partial charge in [-0.25, -0.2) is 4.98 Å². The first-order valence-corrected chi connectivity index (χ1v) is 8.05. The van der Waals surface area contributed by atoms with Gasteiger partial charge in [0.15, 0.2) is 0 Å². The predicted molar refractivity (Wildman–Crippen MR) is 91.8 cm³/mol. The van der Waals surface area contributed by atoms with Crippen LogP contribution in [0.1, 0.15) is 32.1 Å². The van der Waals surface area contributed by atoms with Gasteiger partial charge in [0.25, 0.3) is 0 Å². The van der Waals surface area contributed by atoms with Gasteiger partial charge in [0.2, 0.25) is 5.91 Å². The Morgan fingerprint density at radius 2 is 1.91 bits per heavy atom. The standard InChI is InChI=1S/C16H24N4O.ClH/c21-16(13-4-2-1-3-5-13)19-15-7-6-14(12-18-15)20-10-8-17-9-11-20;/h6-7,12-13,17H,1-5,8-11H2,(H,18,19,21);1H. The maximum Gasteiger partial charge on any atom is 0.228 e. The number of hydrogen-bond acceptors (Lipinski definition) is 4. The molecule has 6 heteroatoms. The molecule has 2 fully saturated rings. The molecule has 22 heavy (non-hydrogen) atoms. The van der Waals surface area contributed by atoms with Gasteiger partial charge in [-0.15, -0.1) is 12.4 Å². The minimum atomic E-state index is 0. The second kappa shape index (κ2) is 8.34. The molecule has 0 unspecified atom stereocenters.